The summed E-state index contributed by atoms with van der Waals surface area (Å²) in [6, 6.07) is 74.4. The molecule has 12 aromatic rings. The summed E-state index contributed by atoms with van der Waals surface area (Å²) >= 11 is 0. The summed E-state index contributed by atoms with van der Waals surface area (Å²) < 4.78 is 11.2. The number of nitrogens with zero attached hydrogens (tertiary/aromatic N) is 2. The van der Waals surface area contributed by atoms with Gasteiger partial charge in [0.05, 0.1) is 27.5 Å². The second kappa shape index (κ2) is 12.5. The van der Waals surface area contributed by atoms with Gasteiger partial charge in [0.2, 0.25) is 0 Å². The van der Waals surface area contributed by atoms with Crippen molar-refractivity contribution in [1.29, 1.82) is 0 Å². The van der Waals surface area contributed by atoms with Gasteiger partial charge in [0.1, 0.15) is 11.2 Å². The Morgan fingerprint density at radius 2 is 0.737 bits per heavy atom. The summed E-state index contributed by atoms with van der Waals surface area (Å²) in [5.41, 5.74) is 16.0. The Bertz CT molecular complexity index is 3380. The maximum absolute atomic E-state index is 6.35. The molecule has 0 saturated heterocycles. The zero-order valence-electron chi connectivity index (χ0n) is 30.9. The number of hydrogen-bond donors (Lipinski definition) is 0. The molecule has 57 heavy (non-hydrogen) atoms. The second-order valence-electron chi connectivity index (χ2n) is 14.9. The molecular weight excluding hydrogens is 693 g/mol. The van der Waals surface area contributed by atoms with Gasteiger partial charge < -0.3 is 13.6 Å². The fourth-order valence-electron chi connectivity index (χ4n) is 9.06. The van der Waals surface area contributed by atoms with E-state index in [-0.39, 0.29) is 0 Å². The summed E-state index contributed by atoms with van der Waals surface area (Å²) in [6.07, 6.45) is 0. The summed E-state index contributed by atoms with van der Waals surface area (Å²) in [4.78, 5) is 0. The lowest BCUT2D eigenvalue weighted by atomic mass is 10.0. The quantitative estimate of drug-likeness (QED) is 0.173. The number of furan rings is 1. The summed E-state index contributed by atoms with van der Waals surface area (Å²) in [6.45, 7) is 0. The monoisotopic (exact) mass is 726 g/mol. The minimum absolute atomic E-state index is 0.903. The molecule has 0 aliphatic carbocycles. The molecule has 0 aliphatic heterocycles. The van der Waals surface area contributed by atoms with Gasteiger partial charge in [-0.05, 0) is 94.0 Å². The van der Waals surface area contributed by atoms with Crippen LogP contribution in [0.4, 0.5) is 0 Å². The van der Waals surface area contributed by atoms with Crippen LogP contribution in [0.2, 0.25) is 0 Å². The third-order valence-corrected chi connectivity index (χ3v) is 11.7. The number of aromatic nitrogens is 2. The SMILES string of the molecule is c1ccc(-c2ccc3c4ccc(-c5ccccc5)cc4n(-c4ccc(-c5ccc(-n6c7ccccc7c7ccc8oc9ccccc9c8c76)cc5)cc4)c3c2)cc1. The average Bonchev–Trinajstić information content (AvgIpc) is 3.94. The van der Waals surface area contributed by atoms with Gasteiger partial charge in [0, 0.05) is 38.3 Å². The Hall–Kier alpha value is -7.62. The molecule has 3 heterocycles. The Labute approximate surface area is 328 Å². The van der Waals surface area contributed by atoms with Gasteiger partial charge in [0.25, 0.3) is 0 Å². The summed E-state index contributed by atoms with van der Waals surface area (Å²) in [5, 5.41) is 7.23. The number of benzene rings is 9. The van der Waals surface area contributed by atoms with Crippen LogP contribution in [-0.2, 0) is 0 Å². The Kier molecular flexibility index (Phi) is 6.93. The van der Waals surface area contributed by atoms with Gasteiger partial charge in [-0.2, -0.15) is 0 Å². The van der Waals surface area contributed by atoms with Crippen molar-refractivity contribution < 1.29 is 4.42 Å². The van der Waals surface area contributed by atoms with Gasteiger partial charge >= 0.3 is 0 Å². The molecule has 3 aromatic heterocycles. The lowest BCUT2D eigenvalue weighted by Gasteiger charge is -2.12. The van der Waals surface area contributed by atoms with Crippen molar-refractivity contribution in [2.75, 3.05) is 0 Å². The van der Waals surface area contributed by atoms with Crippen LogP contribution in [0.1, 0.15) is 0 Å². The molecular formula is C54H34N2O. The third-order valence-electron chi connectivity index (χ3n) is 11.7. The van der Waals surface area contributed by atoms with Gasteiger partial charge in [0.15, 0.2) is 0 Å². The molecule has 12 rings (SSSR count). The van der Waals surface area contributed by atoms with E-state index in [4.69, 9.17) is 4.42 Å². The molecule has 0 fully saturated rings. The molecule has 0 bridgehead atoms. The zero-order valence-corrected chi connectivity index (χ0v) is 30.9. The van der Waals surface area contributed by atoms with Crippen LogP contribution < -0.4 is 0 Å². The van der Waals surface area contributed by atoms with Crippen LogP contribution in [0.15, 0.2) is 211 Å². The molecule has 266 valence electrons. The highest BCUT2D eigenvalue weighted by Crippen LogP contribution is 2.42. The molecule has 0 saturated carbocycles. The van der Waals surface area contributed by atoms with Crippen molar-refractivity contribution in [3.8, 4) is 44.8 Å². The van der Waals surface area contributed by atoms with Crippen molar-refractivity contribution in [1.82, 2.24) is 9.13 Å². The van der Waals surface area contributed by atoms with Crippen LogP contribution >= 0.6 is 0 Å². The highest BCUT2D eigenvalue weighted by Gasteiger charge is 2.19. The predicted octanol–water partition coefficient (Wildman–Crippen LogP) is 14.8. The van der Waals surface area contributed by atoms with Crippen molar-refractivity contribution in [2.24, 2.45) is 0 Å². The van der Waals surface area contributed by atoms with E-state index in [0.29, 0.717) is 0 Å². The molecule has 3 heteroatoms. The fraction of sp³-hybridized carbons (Fsp3) is 0. The minimum Gasteiger partial charge on any atom is -0.456 e. The highest BCUT2D eigenvalue weighted by molar-refractivity contribution is 6.24. The van der Waals surface area contributed by atoms with E-state index in [2.05, 4.69) is 209 Å². The first-order valence-electron chi connectivity index (χ1n) is 19.5. The van der Waals surface area contributed by atoms with E-state index in [0.717, 1.165) is 33.3 Å². The number of hydrogen-bond acceptors (Lipinski definition) is 1. The highest BCUT2D eigenvalue weighted by atomic mass is 16.3. The Morgan fingerprint density at radius 1 is 0.281 bits per heavy atom. The van der Waals surface area contributed by atoms with E-state index in [1.807, 2.05) is 6.07 Å². The molecule has 0 amide bonds. The molecule has 0 unspecified atom stereocenters. The largest absolute Gasteiger partial charge is 0.456 e. The normalized spacial score (nSPS) is 11.9. The van der Waals surface area contributed by atoms with E-state index >= 15 is 0 Å². The van der Waals surface area contributed by atoms with Crippen molar-refractivity contribution >= 4 is 65.6 Å². The van der Waals surface area contributed by atoms with Gasteiger partial charge in [-0.15, -0.1) is 0 Å². The molecule has 0 spiro atoms. The molecule has 0 N–H and O–H groups in total. The smallest absolute Gasteiger partial charge is 0.137 e. The maximum atomic E-state index is 6.35. The fourth-order valence-corrected chi connectivity index (χ4v) is 9.06. The van der Waals surface area contributed by atoms with Crippen LogP contribution in [0.5, 0.6) is 0 Å². The van der Waals surface area contributed by atoms with E-state index in [1.165, 1.54) is 77.0 Å². The minimum atomic E-state index is 0.903. The maximum Gasteiger partial charge on any atom is 0.137 e. The first-order chi connectivity index (χ1) is 28.3. The first kappa shape index (κ1) is 31.7. The third kappa shape index (κ3) is 4.92. The summed E-state index contributed by atoms with van der Waals surface area (Å²) in [7, 11) is 0. The Morgan fingerprint density at radius 3 is 1.35 bits per heavy atom. The molecule has 9 aromatic carbocycles. The standard InChI is InChI=1S/C54H34N2O/c1-3-11-35(12-4-1)39-23-29-44-45-30-24-40(36-13-5-2-6-14-36)34-50(45)55(49(44)33-39)41-25-19-37(20-26-41)38-21-27-42(28-22-38)56-48-17-9-7-15-43(48)46-31-32-52-53(54(46)56)47-16-8-10-18-51(47)57-52/h1-34H. The van der Waals surface area contributed by atoms with Crippen LogP contribution in [0, 0.1) is 0 Å². The number of rotatable bonds is 5. The lowest BCUT2D eigenvalue weighted by molar-refractivity contribution is 0.669. The van der Waals surface area contributed by atoms with Gasteiger partial charge in [-0.25, -0.2) is 0 Å². The van der Waals surface area contributed by atoms with E-state index in [9.17, 15) is 0 Å². The lowest BCUT2D eigenvalue weighted by Crippen LogP contribution is -1.95. The van der Waals surface area contributed by atoms with E-state index in [1.54, 1.807) is 0 Å². The molecule has 0 atom stereocenters. The molecule has 0 radical (unpaired) electrons. The number of para-hydroxylation sites is 2. The molecule has 3 nitrogen and oxygen atoms in total. The van der Waals surface area contributed by atoms with Crippen molar-refractivity contribution in [2.45, 2.75) is 0 Å². The van der Waals surface area contributed by atoms with Crippen LogP contribution in [-0.4, -0.2) is 9.13 Å². The average molecular weight is 727 g/mol. The van der Waals surface area contributed by atoms with Gasteiger partial charge in [-0.1, -0.05) is 146 Å². The molecule has 0 aliphatic rings. The van der Waals surface area contributed by atoms with Gasteiger partial charge in [-0.3, -0.25) is 0 Å². The van der Waals surface area contributed by atoms with Crippen LogP contribution in [0.3, 0.4) is 0 Å². The second-order valence-corrected chi connectivity index (χ2v) is 14.9. The van der Waals surface area contributed by atoms with Crippen molar-refractivity contribution in [3.05, 3.63) is 206 Å². The van der Waals surface area contributed by atoms with E-state index < -0.39 is 0 Å². The zero-order chi connectivity index (χ0) is 37.5. The predicted molar refractivity (Wildman–Crippen MR) is 239 cm³/mol. The number of fused-ring (bicyclic) bond motifs is 10. The van der Waals surface area contributed by atoms with Crippen LogP contribution in [0.25, 0.3) is 110 Å². The first-order valence-corrected chi connectivity index (χ1v) is 19.5. The topological polar surface area (TPSA) is 23.0 Å². The summed E-state index contributed by atoms with van der Waals surface area (Å²) in [5.74, 6) is 0. The van der Waals surface area contributed by atoms with Crippen molar-refractivity contribution in [3.63, 3.8) is 0 Å². The Balaban J connectivity index is 0.980.